The van der Waals surface area contributed by atoms with Crippen LogP contribution in [0.15, 0.2) is 47.7 Å². The molecule has 0 bridgehead atoms. The van der Waals surface area contributed by atoms with Gasteiger partial charge in [-0.3, -0.25) is 24.7 Å². The van der Waals surface area contributed by atoms with E-state index in [0.717, 1.165) is 12.8 Å². The molecular weight excluding hydrogens is 434 g/mol. The van der Waals surface area contributed by atoms with Crippen LogP contribution in [0.3, 0.4) is 0 Å². The van der Waals surface area contributed by atoms with Crippen molar-refractivity contribution in [1.29, 1.82) is 5.26 Å². The summed E-state index contributed by atoms with van der Waals surface area (Å²) in [4.78, 5) is 34.4. The maximum absolute atomic E-state index is 12.9. The molecule has 8 nitrogen and oxygen atoms in total. The third-order valence-electron chi connectivity index (χ3n) is 4.80. The van der Waals surface area contributed by atoms with Crippen LogP contribution >= 0.6 is 15.9 Å². The Morgan fingerprint density at radius 2 is 1.97 bits per heavy atom. The van der Waals surface area contributed by atoms with Gasteiger partial charge in [0.2, 0.25) is 0 Å². The van der Waals surface area contributed by atoms with Crippen molar-refractivity contribution in [3.8, 4) is 17.5 Å². The van der Waals surface area contributed by atoms with Crippen LogP contribution in [0.5, 0.6) is 0 Å². The fourth-order valence-electron chi connectivity index (χ4n) is 3.06. The molecule has 3 heterocycles. The Hall–Kier alpha value is -3.25. The number of halogens is 1. The Kier molecular flexibility index (Phi) is 5.03. The summed E-state index contributed by atoms with van der Waals surface area (Å²) >= 11 is 3.35. The number of nitrogens with zero attached hydrogens (tertiary/aromatic N) is 6. The predicted molar refractivity (Wildman–Crippen MR) is 107 cm³/mol. The highest BCUT2D eigenvalue weighted by atomic mass is 79.9. The van der Waals surface area contributed by atoms with Crippen molar-refractivity contribution < 1.29 is 4.79 Å². The second-order valence-electron chi connectivity index (χ2n) is 6.83. The second-order valence-corrected chi connectivity index (χ2v) is 7.65. The molecule has 9 heteroatoms. The van der Waals surface area contributed by atoms with Crippen LogP contribution in [0.4, 0.5) is 0 Å². The van der Waals surface area contributed by atoms with Crippen LogP contribution in [0.2, 0.25) is 0 Å². The van der Waals surface area contributed by atoms with E-state index in [9.17, 15) is 10.1 Å². The summed E-state index contributed by atoms with van der Waals surface area (Å²) in [5.74, 6) is -0.286. The van der Waals surface area contributed by atoms with Crippen molar-refractivity contribution in [3.05, 3.63) is 64.7 Å². The molecule has 144 valence electrons. The first-order chi connectivity index (χ1) is 14.0. The van der Waals surface area contributed by atoms with Crippen molar-refractivity contribution in [3.63, 3.8) is 0 Å². The molecule has 0 saturated heterocycles. The minimum Gasteiger partial charge on any atom is -0.344 e. The Balaban J connectivity index is 1.60. The van der Waals surface area contributed by atoms with Gasteiger partial charge in [-0.25, -0.2) is 4.98 Å². The van der Waals surface area contributed by atoms with Crippen molar-refractivity contribution in [1.82, 2.24) is 30.2 Å². The number of nitrogens with one attached hydrogen (secondary N) is 1. The van der Waals surface area contributed by atoms with E-state index in [1.807, 2.05) is 6.92 Å². The largest absolute Gasteiger partial charge is 0.344 e. The highest BCUT2D eigenvalue weighted by molar-refractivity contribution is 9.10. The molecule has 1 aliphatic rings. The summed E-state index contributed by atoms with van der Waals surface area (Å²) in [7, 11) is 0. The Morgan fingerprint density at radius 3 is 2.66 bits per heavy atom. The fraction of sp³-hybridized carbons (Fsp3) is 0.250. The molecule has 0 spiro atoms. The lowest BCUT2D eigenvalue weighted by Gasteiger charge is -2.16. The van der Waals surface area contributed by atoms with Gasteiger partial charge in [-0.2, -0.15) is 5.26 Å². The maximum Gasteiger partial charge on any atom is 0.251 e. The van der Waals surface area contributed by atoms with Crippen molar-refractivity contribution in [2.75, 3.05) is 0 Å². The van der Waals surface area contributed by atoms with Gasteiger partial charge >= 0.3 is 0 Å². The van der Waals surface area contributed by atoms with E-state index in [4.69, 9.17) is 0 Å². The zero-order chi connectivity index (χ0) is 20.4. The Morgan fingerprint density at radius 1 is 1.21 bits per heavy atom. The zero-order valence-corrected chi connectivity index (χ0v) is 17.1. The molecule has 0 radical (unpaired) electrons. The van der Waals surface area contributed by atoms with Gasteiger partial charge in [0.1, 0.15) is 16.0 Å². The number of carbonyl (C=O) groups is 1. The van der Waals surface area contributed by atoms with E-state index in [0.29, 0.717) is 32.9 Å². The molecule has 1 atom stereocenters. The summed E-state index contributed by atoms with van der Waals surface area (Å²) in [6.07, 6.45) is 9.42. The van der Waals surface area contributed by atoms with Gasteiger partial charge in [0.05, 0.1) is 35.1 Å². The molecule has 29 heavy (non-hydrogen) atoms. The number of nitriles is 1. The van der Waals surface area contributed by atoms with E-state index in [1.54, 1.807) is 43.1 Å². The van der Waals surface area contributed by atoms with Crippen LogP contribution in [-0.4, -0.2) is 30.8 Å². The highest BCUT2D eigenvalue weighted by Gasteiger charge is 2.46. The Bertz CT molecular complexity index is 1110. The number of pyridine rings is 1. The molecule has 1 unspecified atom stereocenters. The van der Waals surface area contributed by atoms with Crippen LogP contribution in [0, 0.1) is 11.3 Å². The predicted octanol–water partition coefficient (Wildman–Crippen LogP) is 3.14. The van der Waals surface area contributed by atoms with Gasteiger partial charge in [0.25, 0.3) is 5.91 Å². The van der Waals surface area contributed by atoms with Crippen molar-refractivity contribution >= 4 is 21.8 Å². The minimum atomic E-state index is -0.575. The molecule has 1 amide bonds. The monoisotopic (exact) mass is 449 g/mol. The van der Waals surface area contributed by atoms with E-state index in [2.05, 4.69) is 52.2 Å². The molecule has 1 saturated carbocycles. The Labute approximate surface area is 175 Å². The van der Waals surface area contributed by atoms with Gasteiger partial charge in [-0.1, -0.05) is 0 Å². The molecule has 0 aliphatic heterocycles. The summed E-state index contributed by atoms with van der Waals surface area (Å²) in [5, 5.41) is 12.4. The quantitative estimate of drug-likeness (QED) is 0.594. The standard InChI is InChI=1S/C20H16BrN7O/c1-12(17-18(26-7-6-25-17)14-10-23-4-5-24-14)27-19(29)13-8-15(28-16(21)9-13)20(11-22)2-3-20/h4-10,12H,2-3H2,1H3,(H,27,29). The van der Waals surface area contributed by atoms with Crippen LogP contribution < -0.4 is 5.32 Å². The van der Waals surface area contributed by atoms with Crippen LogP contribution in [0.1, 0.15) is 47.6 Å². The van der Waals surface area contributed by atoms with E-state index >= 15 is 0 Å². The van der Waals surface area contributed by atoms with Gasteiger partial charge < -0.3 is 5.32 Å². The van der Waals surface area contributed by atoms with Crippen LogP contribution in [-0.2, 0) is 5.41 Å². The second kappa shape index (κ2) is 7.64. The SMILES string of the molecule is CC(NC(=O)c1cc(Br)nc(C2(C#N)CC2)c1)c1nccnc1-c1cnccn1. The van der Waals surface area contributed by atoms with Crippen LogP contribution in [0.25, 0.3) is 11.4 Å². The van der Waals surface area contributed by atoms with Crippen molar-refractivity contribution in [2.45, 2.75) is 31.2 Å². The van der Waals surface area contributed by atoms with Crippen molar-refractivity contribution in [2.24, 2.45) is 0 Å². The average molecular weight is 450 g/mol. The summed E-state index contributed by atoms with van der Waals surface area (Å²) < 4.78 is 0.522. The van der Waals surface area contributed by atoms with E-state index in [1.165, 1.54) is 0 Å². The molecule has 1 aliphatic carbocycles. The third-order valence-corrected chi connectivity index (χ3v) is 5.21. The minimum absolute atomic E-state index is 0.286. The fourth-order valence-corrected chi connectivity index (χ4v) is 3.49. The molecular formula is C20H16BrN7O. The topological polar surface area (TPSA) is 117 Å². The van der Waals surface area contributed by atoms with Gasteiger partial charge in [0, 0.05) is 30.4 Å². The van der Waals surface area contributed by atoms with Gasteiger partial charge in [-0.05, 0) is 47.8 Å². The zero-order valence-electron chi connectivity index (χ0n) is 15.5. The first-order valence-corrected chi connectivity index (χ1v) is 9.79. The first kappa shape index (κ1) is 19.1. The highest BCUT2D eigenvalue weighted by Crippen LogP contribution is 2.47. The number of amides is 1. The number of rotatable bonds is 5. The molecule has 1 fully saturated rings. The molecule has 0 aromatic carbocycles. The average Bonchev–Trinajstić information content (AvgIpc) is 3.55. The number of hydrogen-bond donors (Lipinski definition) is 1. The normalized spacial score (nSPS) is 15.2. The van der Waals surface area contributed by atoms with Gasteiger partial charge in [0.15, 0.2) is 0 Å². The molecule has 3 aromatic rings. The summed E-state index contributed by atoms with van der Waals surface area (Å²) in [5.41, 5.74) is 2.20. The number of hydrogen-bond acceptors (Lipinski definition) is 7. The lowest BCUT2D eigenvalue weighted by Crippen LogP contribution is -2.28. The maximum atomic E-state index is 12.9. The number of aromatic nitrogens is 5. The smallest absolute Gasteiger partial charge is 0.251 e. The molecule has 3 aromatic heterocycles. The lowest BCUT2D eigenvalue weighted by atomic mass is 10.0. The van der Waals surface area contributed by atoms with E-state index < -0.39 is 11.5 Å². The summed E-state index contributed by atoms with van der Waals surface area (Å²) in [6, 6.07) is 5.21. The first-order valence-electron chi connectivity index (χ1n) is 9.00. The molecule has 4 rings (SSSR count). The lowest BCUT2D eigenvalue weighted by molar-refractivity contribution is 0.0939. The van der Waals surface area contributed by atoms with E-state index in [-0.39, 0.29) is 5.91 Å². The number of carbonyl (C=O) groups excluding carboxylic acids is 1. The summed E-state index contributed by atoms with van der Waals surface area (Å²) in [6.45, 7) is 1.83. The third kappa shape index (κ3) is 3.84. The van der Waals surface area contributed by atoms with Gasteiger partial charge in [-0.15, -0.1) is 0 Å². The molecule has 1 N–H and O–H groups in total.